The number of amides is 3. The highest BCUT2D eigenvalue weighted by molar-refractivity contribution is 8.00. The Bertz CT molecular complexity index is 2060. The van der Waals surface area contributed by atoms with Gasteiger partial charge in [-0.05, 0) is 41.3 Å². The van der Waals surface area contributed by atoms with Crippen molar-refractivity contribution < 1.29 is 27.6 Å². The van der Waals surface area contributed by atoms with Gasteiger partial charge in [0.2, 0.25) is 17.7 Å². The van der Waals surface area contributed by atoms with Crippen molar-refractivity contribution in [1.29, 1.82) is 0 Å². The smallest absolute Gasteiger partial charge is 0.324 e. The number of thioether (sulfide) groups is 1. The lowest BCUT2D eigenvalue weighted by Gasteiger charge is -2.30. The van der Waals surface area contributed by atoms with Crippen molar-refractivity contribution in [2.24, 2.45) is 5.92 Å². The van der Waals surface area contributed by atoms with E-state index in [2.05, 4.69) is 10.3 Å². The van der Waals surface area contributed by atoms with Gasteiger partial charge in [0.25, 0.3) is 0 Å². The summed E-state index contributed by atoms with van der Waals surface area (Å²) in [6, 6.07) is 20.5. The number of hydrogen-bond donors (Lipinski definition) is 1. The van der Waals surface area contributed by atoms with E-state index in [0.29, 0.717) is 21.2 Å². The molecule has 13 heteroatoms. The fraction of sp³-hybridized carbons (Fsp3) is 0.156. The Hall–Kier alpha value is -4.75. The molecule has 8 nitrogen and oxygen atoms in total. The molecule has 1 N–H and O–H groups in total. The molecule has 4 heterocycles. The van der Waals surface area contributed by atoms with E-state index in [4.69, 9.17) is 0 Å². The van der Waals surface area contributed by atoms with Crippen LogP contribution in [0.3, 0.4) is 0 Å². The van der Waals surface area contributed by atoms with Crippen molar-refractivity contribution in [2.45, 2.75) is 28.9 Å². The lowest BCUT2D eigenvalue weighted by atomic mass is 9.84. The van der Waals surface area contributed by atoms with Gasteiger partial charge in [-0.2, -0.15) is 13.2 Å². The number of rotatable bonds is 5. The van der Waals surface area contributed by atoms with E-state index in [0.717, 1.165) is 57.0 Å². The zero-order valence-corrected chi connectivity index (χ0v) is 24.7. The Morgan fingerprint density at radius 2 is 1.71 bits per heavy atom. The monoisotopic (exact) mass is 646 g/mol. The number of halogens is 3. The molecule has 5 aromatic rings. The number of benzene rings is 3. The average molecular weight is 647 g/mol. The van der Waals surface area contributed by atoms with Gasteiger partial charge in [0, 0.05) is 34.3 Å². The number of pyridine rings is 1. The minimum absolute atomic E-state index is 0.185. The molecule has 1 saturated heterocycles. The predicted octanol–water partition coefficient (Wildman–Crippen LogP) is 5.91. The molecule has 2 aliphatic heterocycles. The van der Waals surface area contributed by atoms with Gasteiger partial charge in [-0.15, -0.1) is 0 Å². The number of carbonyl (C=O) groups excluding carboxylic acids is 3. The third kappa shape index (κ3) is 5.01. The molecule has 1 fully saturated rings. The van der Waals surface area contributed by atoms with E-state index in [9.17, 15) is 32.3 Å². The summed E-state index contributed by atoms with van der Waals surface area (Å²) in [6.07, 6.45) is -1.59. The van der Waals surface area contributed by atoms with Gasteiger partial charge >= 0.3 is 11.0 Å². The number of nitrogens with zero attached hydrogens (tertiary/aromatic N) is 3. The second kappa shape index (κ2) is 11.0. The van der Waals surface area contributed by atoms with E-state index >= 15 is 0 Å². The molecule has 0 aliphatic carbocycles. The number of nitrogens with one attached hydrogen (secondary N) is 1. The molecule has 7 rings (SSSR count). The van der Waals surface area contributed by atoms with Crippen LogP contribution in [-0.2, 0) is 27.1 Å². The fourth-order valence-electron chi connectivity index (χ4n) is 5.92. The zero-order valence-electron chi connectivity index (χ0n) is 23.0. The molecule has 3 atom stereocenters. The number of anilines is 2. The third-order valence-corrected chi connectivity index (χ3v) is 10.5. The van der Waals surface area contributed by atoms with Crippen LogP contribution in [0, 0.1) is 5.92 Å². The molecule has 226 valence electrons. The second-order valence-electron chi connectivity index (χ2n) is 10.6. The Balaban J connectivity index is 1.27. The largest absolute Gasteiger partial charge is 0.416 e. The molecular weight excluding hydrogens is 626 g/mol. The number of carbonyl (C=O) groups is 3. The molecule has 3 unspecified atom stereocenters. The highest BCUT2D eigenvalue weighted by Crippen LogP contribution is 2.54. The van der Waals surface area contributed by atoms with E-state index in [-0.39, 0.29) is 12.2 Å². The summed E-state index contributed by atoms with van der Waals surface area (Å²) < 4.78 is 41.8. The van der Waals surface area contributed by atoms with Crippen LogP contribution in [0.5, 0.6) is 0 Å². The molecule has 3 aromatic carbocycles. The van der Waals surface area contributed by atoms with E-state index in [1.165, 1.54) is 16.8 Å². The van der Waals surface area contributed by atoms with Crippen LogP contribution in [0.25, 0.3) is 10.8 Å². The maximum atomic E-state index is 13.9. The minimum atomic E-state index is -4.67. The van der Waals surface area contributed by atoms with Crippen molar-refractivity contribution in [2.75, 3.05) is 10.2 Å². The second-order valence-corrected chi connectivity index (χ2v) is 12.7. The zero-order chi connectivity index (χ0) is 31.5. The van der Waals surface area contributed by atoms with Gasteiger partial charge in [-0.3, -0.25) is 28.7 Å². The molecule has 2 aromatic heterocycles. The summed E-state index contributed by atoms with van der Waals surface area (Å²) in [5, 5.41) is 3.94. The highest BCUT2D eigenvalue weighted by Gasteiger charge is 2.57. The summed E-state index contributed by atoms with van der Waals surface area (Å²) in [5.41, 5.74) is -0.0359. The van der Waals surface area contributed by atoms with Crippen LogP contribution in [0.15, 0.2) is 101 Å². The molecule has 0 bridgehead atoms. The van der Waals surface area contributed by atoms with Crippen molar-refractivity contribution in [3.05, 3.63) is 117 Å². The molecule has 3 amide bonds. The third-order valence-electron chi connectivity index (χ3n) is 7.89. The lowest BCUT2D eigenvalue weighted by molar-refractivity contribution is -0.137. The van der Waals surface area contributed by atoms with E-state index < -0.39 is 51.4 Å². The average Bonchev–Trinajstić information content (AvgIpc) is 3.47. The first kappa shape index (κ1) is 29.0. The number of thiazole rings is 1. The Morgan fingerprint density at radius 1 is 0.933 bits per heavy atom. The summed E-state index contributed by atoms with van der Waals surface area (Å²) >= 11 is 1.86. The Kier molecular flexibility index (Phi) is 7.09. The van der Waals surface area contributed by atoms with Gasteiger partial charge in [-0.25, -0.2) is 4.90 Å². The number of aromatic nitrogens is 2. The van der Waals surface area contributed by atoms with Gasteiger partial charge in [0.05, 0.1) is 22.2 Å². The van der Waals surface area contributed by atoms with Gasteiger partial charge in [0.1, 0.15) is 11.8 Å². The number of hydrogen-bond acceptors (Lipinski definition) is 7. The molecular formula is C32H21F3N4O4S2. The van der Waals surface area contributed by atoms with Gasteiger partial charge in [-0.1, -0.05) is 71.6 Å². The highest BCUT2D eigenvalue weighted by atomic mass is 32.2. The van der Waals surface area contributed by atoms with Crippen LogP contribution in [-0.4, -0.2) is 32.5 Å². The van der Waals surface area contributed by atoms with Crippen LogP contribution >= 0.6 is 23.1 Å². The number of fused-ring (bicyclic) bond motifs is 3. The minimum Gasteiger partial charge on any atom is -0.324 e. The van der Waals surface area contributed by atoms with Crippen molar-refractivity contribution in [3.8, 4) is 0 Å². The van der Waals surface area contributed by atoms with Crippen molar-refractivity contribution in [3.63, 3.8) is 0 Å². The summed E-state index contributed by atoms with van der Waals surface area (Å²) in [7, 11) is 0. The topological polar surface area (TPSA) is 101 Å². The summed E-state index contributed by atoms with van der Waals surface area (Å²) in [6.45, 7) is -0.350. The summed E-state index contributed by atoms with van der Waals surface area (Å²) in [4.78, 5) is 59.4. The van der Waals surface area contributed by atoms with E-state index in [1.54, 1.807) is 24.4 Å². The van der Waals surface area contributed by atoms with E-state index in [1.807, 2.05) is 36.4 Å². The first-order chi connectivity index (χ1) is 21.6. The Labute approximate surface area is 261 Å². The standard InChI is InChI=1S/C32H21F3N4O4S2/c33-32(34,35)19-9-4-10-20(14-19)39-28(41)25-24(18-8-5-13-36-15-18)27-30(44-26(25)29(39)42)38(31(43)45-27)16-23(40)37-22-12-3-7-17-6-1-2-11-21(17)22/h1-15,24-26H,16H2,(H,37,40). The quantitative estimate of drug-likeness (QED) is 0.238. The predicted molar refractivity (Wildman–Crippen MR) is 164 cm³/mol. The Morgan fingerprint density at radius 3 is 2.49 bits per heavy atom. The maximum Gasteiger partial charge on any atom is 0.416 e. The fourth-order valence-corrected chi connectivity index (χ4v) is 8.69. The number of alkyl halides is 3. The lowest BCUT2D eigenvalue weighted by Crippen LogP contribution is -2.33. The van der Waals surface area contributed by atoms with Crippen molar-refractivity contribution in [1.82, 2.24) is 9.55 Å². The molecule has 0 spiro atoms. The molecule has 2 aliphatic rings. The summed E-state index contributed by atoms with van der Waals surface area (Å²) in [5.74, 6) is -3.62. The van der Waals surface area contributed by atoms with Gasteiger partial charge in [0.15, 0.2) is 0 Å². The SMILES string of the molecule is O=C(Cn1c2c(sc1=O)C(c1cccnc1)C1C(=O)N(c3cccc(C(F)(F)F)c3)C(=O)C1S2)Nc1cccc2ccccc12. The van der Waals surface area contributed by atoms with Crippen LogP contribution in [0.2, 0.25) is 0 Å². The molecule has 45 heavy (non-hydrogen) atoms. The first-order valence-corrected chi connectivity index (χ1v) is 15.4. The van der Waals surface area contributed by atoms with Crippen molar-refractivity contribution >= 4 is 63.0 Å². The first-order valence-electron chi connectivity index (χ1n) is 13.7. The van der Waals surface area contributed by atoms with Crippen LogP contribution < -0.4 is 15.1 Å². The maximum absolute atomic E-state index is 13.9. The normalized spacial score (nSPS) is 19.4. The van der Waals surface area contributed by atoms with Crippen LogP contribution in [0.1, 0.15) is 21.9 Å². The molecule has 0 saturated carbocycles. The molecule has 0 radical (unpaired) electrons. The van der Waals surface area contributed by atoms with Crippen LogP contribution in [0.4, 0.5) is 24.5 Å². The van der Waals surface area contributed by atoms with Gasteiger partial charge < -0.3 is 5.32 Å². The number of imide groups is 1.